The highest BCUT2D eigenvalue weighted by atomic mass is 14.9. The van der Waals surface area contributed by atoms with E-state index in [-0.39, 0.29) is 5.54 Å². The minimum absolute atomic E-state index is 0.185. The second kappa shape index (κ2) is 3.54. The molecule has 1 aromatic heterocycles. The lowest BCUT2D eigenvalue weighted by Crippen LogP contribution is -2.39. The third-order valence-electron chi connectivity index (χ3n) is 1.41. The summed E-state index contributed by atoms with van der Waals surface area (Å²) >= 11 is 0. The molecule has 0 aliphatic carbocycles. The van der Waals surface area contributed by atoms with Crippen LogP contribution in [0.2, 0.25) is 0 Å². The van der Waals surface area contributed by atoms with E-state index in [0.29, 0.717) is 0 Å². The van der Waals surface area contributed by atoms with E-state index in [9.17, 15) is 0 Å². The summed E-state index contributed by atoms with van der Waals surface area (Å²) in [4.78, 5) is 3.98. The van der Waals surface area contributed by atoms with E-state index in [0.717, 1.165) is 12.2 Å². The maximum Gasteiger partial charge on any atom is 0.0527 e. The standard InChI is InChI=1S/C9H15N3/c1-9(2,10)7-12-8-4-3-5-11-6-8/h3-6,12H,7,10H2,1-2H3. The molecule has 0 amide bonds. The second-order valence-corrected chi connectivity index (χ2v) is 3.58. The number of nitrogens with zero attached hydrogens (tertiary/aromatic N) is 1. The molecule has 3 N–H and O–H groups in total. The molecule has 12 heavy (non-hydrogen) atoms. The number of aromatic nitrogens is 1. The van der Waals surface area contributed by atoms with Gasteiger partial charge in [0.2, 0.25) is 0 Å². The van der Waals surface area contributed by atoms with Crippen molar-refractivity contribution in [1.29, 1.82) is 0 Å². The number of rotatable bonds is 3. The molecule has 0 fully saturated rings. The summed E-state index contributed by atoms with van der Waals surface area (Å²) in [6.07, 6.45) is 3.53. The van der Waals surface area contributed by atoms with Crippen molar-refractivity contribution in [2.24, 2.45) is 5.73 Å². The summed E-state index contributed by atoms with van der Waals surface area (Å²) < 4.78 is 0. The number of pyridine rings is 1. The van der Waals surface area contributed by atoms with Gasteiger partial charge in [-0.1, -0.05) is 0 Å². The average molecular weight is 165 g/mol. The molecule has 0 spiro atoms. The van der Waals surface area contributed by atoms with Gasteiger partial charge >= 0.3 is 0 Å². The molecule has 0 unspecified atom stereocenters. The predicted molar refractivity (Wildman–Crippen MR) is 51.0 cm³/mol. The molecular formula is C9H15N3. The Morgan fingerprint density at radius 3 is 2.83 bits per heavy atom. The summed E-state index contributed by atoms with van der Waals surface area (Å²) in [5, 5.41) is 3.20. The van der Waals surface area contributed by atoms with Crippen molar-refractivity contribution in [2.75, 3.05) is 11.9 Å². The predicted octanol–water partition coefficient (Wildman–Crippen LogP) is 1.23. The second-order valence-electron chi connectivity index (χ2n) is 3.58. The molecule has 66 valence electrons. The van der Waals surface area contributed by atoms with Crippen LogP contribution in [-0.4, -0.2) is 17.1 Å². The van der Waals surface area contributed by atoms with Gasteiger partial charge in [-0.25, -0.2) is 0 Å². The summed E-state index contributed by atoms with van der Waals surface area (Å²) in [7, 11) is 0. The molecule has 1 heterocycles. The van der Waals surface area contributed by atoms with E-state index in [4.69, 9.17) is 5.73 Å². The van der Waals surface area contributed by atoms with Crippen LogP contribution in [-0.2, 0) is 0 Å². The number of hydrogen-bond donors (Lipinski definition) is 2. The first-order valence-electron chi connectivity index (χ1n) is 4.01. The molecule has 0 aliphatic rings. The van der Waals surface area contributed by atoms with Gasteiger partial charge in [-0.3, -0.25) is 4.98 Å². The van der Waals surface area contributed by atoms with Crippen molar-refractivity contribution in [3.63, 3.8) is 0 Å². The van der Waals surface area contributed by atoms with Gasteiger partial charge in [0.15, 0.2) is 0 Å². The molecule has 0 aromatic carbocycles. The molecule has 0 atom stereocenters. The van der Waals surface area contributed by atoms with Crippen molar-refractivity contribution >= 4 is 5.69 Å². The van der Waals surface area contributed by atoms with Crippen molar-refractivity contribution in [3.05, 3.63) is 24.5 Å². The molecule has 0 saturated carbocycles. The largest absolute Gasteiger partial charge is 0.382 e. The third kappa shape index (κ3) is 3.34. The Hall–Kier alpha value is -1.09. The Labute approximate surface area is 73.0 Å². The van der Waals surface area contributed by atoms with E-state index in [1.165, 1.54) is 0 Å². The van der Waals surface area contributed by atoms with Crippen LogP contribution in [0.25, 0.3) is 0 Å². The summed E-state index contributed by atoms with van der Waals surface area (Å²) in [5.74, 6) is 0. The Balaban J connectivity index is 2.44. The Morgan fingerprint density at radius 1 is 1.58 bits per heavy atom. The Bertz CT molecular complexity index is 225. The highest BCUT2D eigenvalue weighted by Gasteiger charge is 2.08. The van der Waals surface area contributed by atoms with Gasteiger partial charge in [0, 0.05) is 24.5 Å². The Morgan fingerprint density at radius 2 is 2.33 bits per heavy atom. The van der Waals surface area contributed by atoms with Crippen LogP contribution < -0.4 is 11.1 Å². The molecule has 0 bridgehead atoms. The normalized spacial score (nSPS) is 11.2. The molecule has 1 rings (SSSR count). The first-order valence-corrected chi connectivity index (χ1v) is 4.01. The summed E-state index contributed by atoms with van der Waals surface area (Å²) in [6, 6.07) is 3.87. The lowest BCUT2D eigenvalue weighted by atomic mass is 10.1. The smallest absolute Gasteiger partial charge is 0.0527 e. The van der Waals surface area contributed by atoms with Gasteiger partial charge < -0.3 is 11.1 Å². The number of anilines is 1. The molecule has 0 radical (unpaired) electrons. The zero-order chi connectivity index (χ0) is 9.03. The lowest BCUT2D eigenvalue weighted by molar-refractivity contribution is 0.549. The van der Waals surface area contributed by atoms with E-state index in [1.807, 2.05) is 26.0 Å². The quantitative estimate of drug-likeness (QED) is 0.708. The van der Waals surface area contributed by atoms with Gasteiger partial charge in [-0.2, -0.15) is 0 Å². The lowest BCUT2D eigenvalue weighted by Gasteiger charge is -2.19. The summed E-state index contributed by atoms with van der Waals surface area (Å²) in [5.41, 5.74) is 6.63. The number of hydrogen-bond acceptors (Lipinski definition) is 3. The fourth-order valence-electron chi connectivity index (χ4n) is 0.797. The summed E-state index contributed by atoms with van der Waals surface area (Å²) in [6.45, 7) is 4.71. The maximum absolute atomic E-state index is 5.80. The highest BCUT2D eigenvalue weighted by Crippen LogP contribution is 2.04. The molecule has 3 nitrogen and oxygen atoms in total. The average Bonchev–Trinajstić information content (AvgIpc) is 2.02. The fourth-order valence-corrected chi connectivity index (χ4v) is 0.797. The van der Waals surface area contributed by atoms with Crippen LogP contribution in [0.1, 0.15) is 13.8 Å². The van der Waals surface area contributed by atoms with E-state index in [1.54, 1.807) is 12.4 Å². The molecule has 0 saturated heterocycles. The van der Waals surface area contributed by atoms with Gasteiger partial charge in [-0.05, 0) is 26.0 Å². The van der Waals surface area contributed by atoms with Crippen LogP contribution in [0.4, 0.5) is 5.69 Å². The van der Waals surface area contributed by atoms with Crippen LogP contribution in [0, 0.1) is 0 Å². The SMILES string of the molecule is CC(C)(N)CNc1cccnc1. The minimum Gasteiger partial charge on any atom is -0.382 e. The molecule has 1 aromatic rings. The Kier molecular flexibility index (Phi) is 2.65. The zero-order valence-corrected chi connectivity index (χ0v) is 7.54. The molecule has 0 aliphatic heterocycles. The van der Waals surface area contributed by atoms with Gasteiger partial charge in [0.1, 0.15) is 0 Å². The van der Waals surface area contributed by atoms with Crippen molar-refractivity contribution in [1.82, 2.24) is 4.98 Å². The van der Waals surface area contributed by atoms with E-state index < -0.39 is 0 Å². The number of nitrogens with one attached hydrogen (secondary N) is 1. The topological polar surface area (TPSA) is 50.9 Å². The van der Waals surface area contributed by atoms with Crippen LogP contribution in [0.15, 0.2) is 24.5 Å². The van der Waals surface area contributed by atoms with E-state index in [2.05, 4.69) is 10.3 Å². The molecular weight excluding hydrogens is 150 g/mol. The first-order chi connectivity index (χ1) is 5.58. The van der Waals surface area contributed by atoms with Crippen molar-refractivity contribution in [2.45, 2.75) is 19.4 Å². The van der Waals surface area contributed by atoms with Gasteiger partial charge in [0.05, 0.1) is 5.69 Å². The first kappa shape index (κ1) is 9.00. The fraction of sp³-hybridized carbons (Fsp3) is 0.444. The van der Waals surface area contributed by atoms with E-state index >= 15 is 0 Å². The monoisotopic (exact) mass is 165 g/mol. The van der Waals surface area contributed by atoms with Crippen LogP contribution in [0.3, 0.4) is 0 Å². The maximum atomic E-state index is 5.80. The van der Waals surface area contributed by atoms with Gasteiger partial charge in [-0.15, -0.1) is 0 Å². The van der Waals surface area contributed by atoms with Crippen molar-refractivity contribution < 1.29 is 0 Å². The third-order valence-corrected chi connectivity index (χ3v) is 1.41. The minimum atomic E-state index is -0.185. The molecule has 3 heteroatoms. The van der Waals surface area contributed by atoms with Gasteiger partial charge in [0.25, 0.3) is 0 Å². The van der Waals surface area contributed by atoms with Crippen molar-refractivity contribution in [3.8, 4) is 0 Å². The number of nitrogens with two attached hydrogens (primary N) is 1. The zero-order valence-electron chi connectivity index (χ0n) is 7.54. The highest BCUT2D eigenvalue weighted by molar-refractivity contribution is 5.39. The van der Waals surface area contributed by atoms with Crippen LogP contribution >= 0.6 is 0 Å². The van der Waals surface area contributed by atoms with Crippen LogP contribution in [0.5, 0.6) is 0 Å².